The van der Waals surface area contributed by atoms with E-state index in [-0.39, 0.29) is 5.75 Å². The van der Waals surface area contributed by atoms with Crippen LogP contribution in [0.5, 0.6) is 11.5 Å². The molecule has 0 fully saturated rings. The molecule has 3 N–H and O–H groups in total. The largest absolute Gasteiger partial charge is 0.507 e. The van der Waals surface area contributed by atoms with Crippen molar-refractivity contribution in [3.05, 3.63) is 65.2 Å². The van der Waals surface area contributed by atoms with Crippen LogP contribution in [0.2, 0.25) is 0 Å². The average Bonchev–Trinajstić information content (AvgIpc) is 2.57. The number of phenols is 1. The predicted octanol–water partition coefficient (Wildman–Crippen LogP) is 3.96. The highest BCUT2D eigenvalue weighted by Gasteiger charge is 2.18. The highest BCUT2D eigenvalue weighted by Crippen LogP contribution is 2.39. The Morgan fingerprint density at radius 2 is 1.57 bits per heavy atom. The van der Waals surface area contributed by atoms with Gasteiger partial charge in [0, 0.05) is 22.2 Å². The minimum absolute atomic E-state index is 0.131. The summed E-state index contributed by atoms with van der Waals surface area (Å²) >= 11 is 0. The van der Waals surface area contributed by atoms with Crippen molar-refractivity contribution in [2.75, 3.05) is 5.73 Å². The fourth-order valence-electron chi connectivity index (χ4n) is 2.65. The number of esters is 1. The van der Waals surface area contributed by atoms with Crippen LogP contribution in [0.1, 0.15) is 21.5 Å². The van der Waals surface area contributed by atoms with Gasteiger partial charge in [0.25, 0.3) is 0 Å². The summed E-state index contributed by atoms with van der Waals surface area (Å²) in [5.41, 5.74) is 7.98. The number of nitrogen functional groups attached to an aromatic ring is 1. The topological polar surface area (TPSA) is 72.5 Å². The number of hydrogen-bond donors (Lipinski definition) is 2. The summed E-state index contributed by atoms with van der Waals surface area (Å²) in [4.78, 5) is 12.3. The first-order valence-electron chi connectivity index (χ1n) is 7.27. The van der Waals surface area contributed by atoms with Crippen molar-refractivity contribution in [3.8, 4) is 11.5 Å². The van der Waals surface area contributed by atoms with Gasteiger partial charge in [-0.3, -0.25) is 0 Å². The van der Waals surface area contributed by atoms with Gasteiger partial charge in [-0.25, -0.2) is 4.79 Å². The van der Waals surface area contributed by atoms with Crippen LogP contribution in [0.15, 0.2) is 48.5 Å². The Bertz CT molecular complexity index is 899. The number of fused-ring (bicyclic) bond motifs is 1. The van der Waals surface area contributed by atoms with Gasteiger partial charge in [0.1, 0.15) is 11.5 Å². The zero-order valence-electron chi connectivity index (χ0n) is 13.0. The van der Waals surface area contributed by atoms with E-state index in [9.17, 15) is 9.90 Å². The first kappa shape index (κ1) is 14.9. The fraction of sp³-hybridized carbons (Fsp3) is 0.105. The lowest BCUT2D eigenvalue weighted by Gasteiger charge is -2.15. The Hall–Kier alpha value is -3.01. The van der Waals surface area contributed by atoms with Gasteiger partial charge < -0.3 is 15.6 Å². The predicted molar refractivity (Wildman–Crippen MR) is 90.9 cm³/mol. The Kier molecular flexibility index (Phi) is 3.66. The fourth-order valence-corrected chi connectivity index (χ4v) is 2.65. The van der Waals surface area contributed by atoms with Crippen LogP contribution in [-0.2, 0) is 0 Å². The number of benzene rings is 3. The van der Waals surface area contributed by atoms with Gasteiger partial charge in [0.2, 0.25) is 0 Å². The minimum atomic E-state index is -0.481. The Balaban J connectivity index is 2.06. The van der Waals surface area contributed by atoms with Crippen LogP contribution in [0.25, 0.3) is 10.8 Å². The van der Waals surface area contributed by atoms with Crippen molar-refractivity contribution in [2.24, 2.45) is 0 Å². The minimum Gasteiger partial charge on any atom is -0.507 e. The van der Waals surface area contributed by atoms with Crippen molar-refractivity contribution in [3.63, 3.8) is 0 Å². The van der Waals surface area contributed by atoms with Crippen molar-refractivity contribution < 1.29 is 14.6 Å². The molecule has 0 aliphatic heterocycles. The highest BCUT2D eigenvalue weighted by atomic mass is 16.5. The summed E-state index contributed by atoms with van der Waals surface area (Å²) in [6.45, 7) is 3.61. The summed E-state index contributed by atoms with van der Waals surface area (Å²) in [6, 6.07) is 14.0. The molecule has 3 aromatic carbocycles. The van der Waals surface area contributed by atoms with Gasteiger partial charge in [-0.05, 0) is 43.5 Å². The third-order valence-electron chi connectivity index (χ3n) is 3.96. The maximum atomic E-state index is 12.3. The molecule has 0 aliphatic carbocycles. The molecule has 0 atom stereocenters. The lowest BCUT2D eigenvalue weighted by molar-refractivity contribution is 0.0732. The Labute approximate surface area is 134 Å². The molecule has 3 aromatic rings. The molecule has 4 nitrogen and oxygen atoms in total. The molecule has 0 bridgehead atoms. The summed E-state index contributed by atoms with van der Waals surface area (Å²) < 4.78 is 5.55. The van der Waals surface area contributed by atoms with Gasteiger partial charge >= 0.3 is 5.97 Å². The van der Waals surface area contributed by atoms with E-state index in [1.54, 1.807) is 31.2 Å². The molecule has 0 radical (unpaired) electrons. The molecule has 4 heteroatoms. The van der Waals surface area contributed by atoms with Crippen molar-refractivity contribution >= 4 is 22.4 Å². The number of carbonyl (C=O) groups excluding carboxylic acids is 1. The van der Waals surface area contributed by atoms with Crippen molar-refractivity contribution in [1.29, 1.82) is 0 Å². The number of aromatic hydroxyl groups is 1. The van der Waals surface area contributed by atoms with E-state index in [0.717, 1.165) is 16.3 Å². The molecule has 0 saturated heterocycles. The van der Waals surface area contributed by atoms with E-state index >= 15 is 0 Å². The molecule has 0 aliphatic rings. The quantitative estimate of drug-likeness (QED) is 0.427. The normalized spacial score (nSPS) is 10.7. The molecule has 23 heavy (non-hydrogen) atoms. The number of rotatable bonds is 2. The molecule has 0 heterocycles. The van der Waals surface area contributed by atoms with Crippen molar-refractivity contribution in [1.82, 2.24) is 0 Å². The van der Waals surface area contributed by atoms with E-state index in [0.29, 0.717) is 22.6 Å². The molecular formula is C19H17NO3. The zero-order chi connectivity index (χ0) is 16.6. The van der Waals surface area contributed by atoms with Crippen LogP contribution in [0, 0.1) is 13.8 Å². The number of phenolic OH excluding ortho intramolecular Hbond substituents is 1. The second-order valence-corrected chi connectivity index (χ2v) is 5.48. The molecule has 116 valence electrons. The Morgan fingerprint density at radius 3 is 2.22 bits per heavy atom. The number of nitrogens with two attached hydrogens (primary N) is 1. The van der Waals surface area contributed by atoms with Gasteiger partial charge in [-0.2, -0.15) is 0 Å². The standard InChI is InChI=1S/C19H17NO3/c1-11-15-5-3-4-6-16(15)17(21)12(2)18(11)23-19(22)13-7-9-14(20)10-8-13/h3-10,21H,20H2,1-2H3. The lowest BCUT2D eigenvalue weighted by atomic mass is 9.99. The average molecular weight is 307 g/mol. The van der Waals surface area contributed by atoms with E-state index in [1.807, 2.05) is 31.2 Å². The molecule has 0 aromatic heterocycles. The van der Waals surface area contributed by atoms with Crippen LogP contribution >= 0.6 is 0 Å². The molecule has 0 amide bonds. The zero-order valence-corrected chi connectivity index (χ0v) is 13.0. The van der Waals surface area contributed by atoms with Gasteiger partial charge in [-0.1, -0.05) is 24.3 Å². The molecule has 3 rings (SSSR count). The van der Waals surface area contributed by atoms with E-state index < -0.39 is 5.97 Å². The van der Waals surface area contributed by atoms with Crippen LogP contribution in [0.4, 0.5) is 5.69 Å². The first-order chi connectivity index (χ1) is 11.0. The first-order valence-corrected chi connectivity index (χ1v) is 7.27. The number of hydrogen-bond acceptors (Lipinski definition) is 4. The SMILES string of the molecule is Cc1c(OC(=O)c2ccc(N)cc2)c(C)c2ccccc2c1O. The molecular weight excluding hydrogens is 290 g/mol. The lowest BCUT2D eigenvalue weighted by Crippen LogP contribution is -2.10. The number of ether oxygens (including phenoxy) is 1. The maximum Gasteiger partial charge on any atom is 0.343 e. The summed E-state index contributed by atoms with van der Waals surface area (Å²) in [7, 11) is 0. The smallest absolute Gasteiger partial charge is 0.343 e. The monoisotopic (exact) mass is 307 g/mol. The summed E-state index contributed by atoms with van der Waals surface area (Å²) in [6.07, 6.45) is 0. The third kappa shape index (κ3) is 2.59. The second-order valence-electron chi connectivity index (χ2n) is 5.48. The summed E-state index contributed by atoms with van der Waals surface area (Å²) in [5, 5.41) is 12.0. The molecule has 0 unspecified atom stereocenters. The third-order valence-corrected chi connectivity index (χ3v) is 3.96. The maximum absolute atomic E-state index is 12.3. The van der Waals surface area contributed by atoms with Crippen LogP contribution in [-0.4, -0.2) is 11.1 Å². The van der Waals surface area contributed by atoms with E-state index in [1.165, 1.54) is 0 Å². The number of aryl methyl sites for hydroxylation is 1. The molecule has 0 saturated carbocycles. The summed E-state index contributed by atoms with van der Waals surface area (Å²) in [5.74, 6) is 0.0419. The van der Waals surface area contributed by atoms with Gasteiger partial charge in [0.15, 0.2) is 0 Å². The van der Waals surface area contributed by atoms with Crippen molar-refractivity contribution in [2.45, 2.75) is 13.8 Å². The van der Waals surface area contributed by atoms with Crippen LogP contribution < -0.4 is 10.5 Å². The van der Waals surface area contributed by atoms with Gasteiger partial charge in [-0.15, -0.1) is 0 Å². The van der Waals surface area contributed by atoms with Gasteiger partial charge in [0.05, 0.1) is 5.56 Å². The van der Waals surface area contributed by atoms with Crippen LogP contribution in [0.3, 0.4) is 0 Å². The highest BCUT2D eigenvalue weighted by molar-refractivity contribution is 5.97. The Morgan fingerprint density at radius 1 is 0.957 bits per heavy atom. The number of anilines is 1. The number of carbonyl (C=O) groups is 1. The molecule has 0 spiro atoms. The van der Waals surface area contributed by atoms with E-state index in [4.69, 9.17) is 10.5 Å². The second kappa shape index (κ2) is 5.65. The van der Waals surface area contributed by atoms with E-state index in [2.05, 4.69) is 0 Å².